The minimum Gasteiger partial charge on any atom is -0.489 e. The van der Waals surface area contributed by atoms with E-state index in [1.807, 2.05) is 30.3 Å². The Morgan fingerprint density at radius 3 is 2.53 bits per heavy atom. The van der Waals surface area contributed by atoms with Gasteiger partial charge in [0.15, 0.2) is 0 Å². The third-order valence-corrected chi connectivity index (χ3v) is 2.97. The van der Waals surface area contributed by atoms with Crippen LogP contribution < -0.4 is 10.5 Å². The average molecular weight is 254 g/mol. The Bertz CT molecular complexity index is 508. The van der Waals surface area contributed by atoms with Gasteiger partial charge >= 0.3 is 0 Å². The van der Waals surface area contributed by atoms with Crippen LogP contribution in [-0.4, -0.2) is 0 Å². The zero-order valence-electron chi connectivity index (χ0n) is 11.3. The van der Waals surface area contributed by atoms with Crippen molar-refractivity contribution in [1.29, 1.82) is 0 Å². The second kappa shape index (κ2) is 6.95. The summed E-state index contributed by atoms with van der Waals surface area (Å²) in [5.74, 6) is 0.919. The van der Waals surface area contributed by atoms with Gasteiger partial charge in [0.2, 0.25) is 0 Å². The zero-order chi connectivity index (χ0) is 13.5. The lowest BCUT2D eigenvalue weighted by atomic mass is 10.1. The first-order chi connectivity index (χ1) is 9.33. The van der Waals surface area contributed by atoms with Crippen molar-refractivity contribution in [2.45, 2.75) is 26.5 Å². The first-order valence-corrected chi connectivity index (χ1v) is 6.66. The van der Waals surface area contributed by atoms with Gasteiger partial charge < -0.3 is 10.5 Å². The molecule has 99 valence electrons. The number of rotatable bonds is 6. The molecule has 0 saturated carbocycles. The normalized spacial score (nSPS) is 10.4. The Labute approximate surface area is 115 Å². The van der Waals surface area contributed by atoms with Crippen LogP contribution in [0.1, 0.15) is 30.0 Å². The molecule has 0 heterocycles. The molecule has 2 aromatic rings. The maximum atomic E-state index is 5.90. The van der Waals surface area contributed by atoms with Gasteiger partial charge in [0.1, 0.15) is 12.4 Å². The molecule has 2 rings (SSSR count). The molecule has 2 N–H and O–H groups in total. The lowest BCUT2D eigenvalue weighted by Gasteiger charge is -2.12. The smallest absolute Gasteiger partial charge is 0.123 e. The molecule has 0 saturated heterocycles. The second-order valence-electron chi connectivity index (χ2n) is 4.46. The summed E-state index contributed by atoms with van der Waals surface area (Å²) in [6.07, 6.45) is 3.15. The quantitative estimate of drug-likeness (QED) is 0.853. The molecule has 0 aliphatic carbocycles. The summed E-state index contributed by atoms with van der Waals surface area (Å²) < 4.78 is 5.90. The van der Waals surface area contributed by atoms with E-state index in [0.717, 1.165) is 23.3 Å². The maximum Gasteiger partial charge on any atom is 0.123 e. The van der Waals surface area contributed by atoms with Crippen LogP contribution in [0.3, 0.4) is 0 Å². The van der Waals surface area contributed by atoms with Crippen molar-refractivity contribution in [3.05, 3.63) is 71.6 Å². The lowest BCUT2D eigenvalue weighted by molar-refractivity contribution is 0.304. The van der Waals surface area contributed by atoms with Gasteiger partial charge in [0.05, 0.1) is 0 Å². The maximum absolute atomic E-state index is 5.90. The highest BCUT2D eigenvalue weighted by Crippen LogP contribution is 2.24. The van der Waals surface area contributed by atoms with E-state index in [4.69, 9.17) is 10.5 Å². The van der Waals surface area contributed by atoms with Crippen molar-refractivity contribution in [3.63, 3.8) is 0 Å². The number of ether oxygens (including phenoxy) is 1. The van der Waals surface area contributed by atoms with Crippen LogP contribution in [0.25, 0.3) is 0 Å². The summed E-state index contributed by atoms with van der Waals surface area (Å²) in [6.45, 7) is 3.27. The largest absolute Gasteiger partial charge is 0.489 e. The second-order valence-corrected chi connectivity index (χ2v) is 4.46. The summed E-state index contributed by atoms with van der Waals surface area (Å²) in [6, 6.07) is 16.3. The van der Waals surface area contributed by atoms with E-state index in [1.54, 1.807) is 0 Å². The molecule has 0 bridgehead atoms. The van der Waals surface area contributed by atoms with Gasteiger partial charge in [-0.25, -0.2) is 0 Å². The van der Waals surface area contributed by atoms with Crippen molar-refractivity contribution in [2.75, 3.05) is 0 Å². The molecule has 0 unspecified atom stereocenters. The molecule has 1 radical (unpaired) electrons. The molecule has 0 atom stereocenters. The molecule has 0 aliphatic heterocycles. The van der Waals surface area contributed by atoms with Gasteiger partial charge in [0.25, 0.3) is 0 Å². The van der Waals surface area contributed by atoms with E-state index in [0.29, 0.717) is 13.2 Å². The Morgan fingerprint density at radius 1 is 1.05 bits per heavy atom. The SMILES string of the molecule is CC[CH]c1cc(CN)ccc1OCc1ccccc1. The van der Waals surface area contributed by atoms with Crippen molar-refractivity contribution in [2.24, 2.45) is 5.73 Å². The Hall–Kier alpha value is -1.80. The summed E-state index contributed by atoms with van der Waals surface area (Å²) in [7, 11) is 0. The topological polar surface area (TPSA) is 35.2 Å². The van der Waals surface area contributed by atoms with Gasteiger partial charge in [-0.15, -0.1) is 0 Å². The highest BCUT2D eigenvalue weighted by Gasteiger charge is 2.05. The molecule has 2 nitrogen and oxygen atoms in total. The fourth-order valence-corrected chi connectivity index (χ4v) is 1.97. The van der Waals surface area contributed by atoms with Crippen LogP contribution in [0.2, 0.25) is 0 Å². The van der Waals surface area contributed by atoms with E-state index in [9.17, 15) is 0 Å². The molecule has 2 aromatic carbocycles. The Morgan fingerprint density at radius 2 is 1.84 bits per heavy atom. The zero-order valence-corrected chi connectivity index (χ0v) is 11.3. The number of nitrogens with two attached hydrogens (primary N) is 1. The monoisotopic (exact) mass is 254 g/mol. The fourth-order valence-electron chi connectivity index (χ4n) is 1.97. The van der Waals surface area contributed by atoms with Crippen LogP contribution in [0.5, 0.6) is 5.75 Å². The standard InChI is InChI=1S/C17H20NO/c1-2-6-16-11-15(12-18)9-10-17(16)19-13-14-7-4-3-5-8-14/h3-11H,2,12-13,18H2,1H3. The van der Waals surface area contributed by atoms with Gasteiger partial charge in [0, 0.05) is 6.54 Å². The lowest BCUT2D eigenvalue weighted by Crippen LogP contribution is -2.01. The van der Waals surface area contributed by atoms with Gasteiger partial charge in [-0.1, -0.05) is 49.4 Å². The van der Waals surface area contributed by atoms with Crippen molar-refractivity contribution in [1.82, 2.24) is 0 Å². The molecule has 0 aromatic heterocycles. The van der Waals surface area contributed by atoms with Gasteiger partial charge in [-0.2, -0.15) is 0 Å². The summed E-state index contributed by atoms with van der Waals surface area (Å²) in [5.41, 5.74) is 9.11. The molecule has 0 fully saturated rings. The van der Waals surface area contributed by atoms with Gasteiger partial charge in [-0.3, -0.25) is 0 Å². The first-order valence-electron chi connectivity index (χ1n) is 6.66. The Balaban J connectivity index is 2.10. The predicted molar refractivity (Wildman–Crippen MR) is 78.8 cm³/mol. The van der Waals surface area contributed by atoms with Crippen molar-refractivity contribution >= 4 is 0 Å². The number of hydrogen-bond acceptors (Lipinski definition) is 2. The van der Waals surface area contributed by atoms with Crippen LogP contribution in [0.4, 0.5) is 0 Å². The van der Waals surface area contributed by atoms with Gasteiger partial charge in [-0.05, 0) is 35.6 Å². The third kappa shape index (κ3) is 3.83. The van der Waals surface area contributed by atoms with Crippen LogP contribution in [-0.2, 0) is 13.2 Å². The predicted octanol–water partition coefficient (Wildman–Crippen LogP) is 3.69. The first kappa shape index (κ1) is 13.6. The molecule has 19 heavy (non-hydrogen) atoms. The third-order valence-electron chi connectivity index (χ3n) is 2.97. The minimum atomic E-state index is 0.559. The van der Waals surface area contributed by atoms with E-state index >= 15 is 0 Å². The average Bonchev–Trinajstić information content (AvgIpc) is 2.47. The molecule has 0 aliphatic rings. The van der Waals surface area contributed by atoms with Crippen LogP contribution in [0.15, 0.2) is 48.5 Å². The van der Waals surface area contributed by atoms with E-state index < -0.39 is 0 Å². The fraction of sp³-hybridized carbons (Fsp3) is 0.235. The van der Waals surface area contributed by atoms with E-state index in [2.05, 4.69) is 31.5 Å². The molecule has 0 amide bonds. The molecular weight excluding hydrogens is 234 g/mol. The number of benzene rings is 2. The van der Waals surface area contributed by atoms with E-state index in [-0.39, 0.29) is 0 Å². The molecule has 2 heteroatoms. The van der Waals surface area contributed by atoms with Crippen LogP contribution in [0, 0.1) is 6.42 Å². The summed E-state index contributed by atoms with van der Waals surface area (Å²) >= 11 is 0. The minimum absolute atomic E-state index is 0.559. The van der Waals surface area contributed by atoms with Crippen molar-refractivity contribution in [3.8, 4) is 5.75 Å². The molecular formula is C17H20NO. The summed E-state index contributed by atoms with van der Waals surface area (Å²) in [4.78, 5) is 0. The summed E-state index contributed by atoms with van der Waals surface area (Å²) in [5, 5.41) is 0. The number of hydrogen-bond donors (Lipinski definition) is 1. The van der Waals surface area contributed by atoms with Crippen LogP contribution >= 0.6 is 0 Å². The highest BCUT2D eigenvalue weighted by atomic mass is 16.5. The van der Waals surface area contributed by atoms with Crippen molar-refractivity contribution < 1.29 is 4.74 Å². The Kier molecular flexibility index (Phi) is 4.99. The molecule has 0 spiro atoms. The highest BCUT2D eigenvalue weighted by molar-refractivity contribution is 5.42. The van der Waals surface area contributed by atoms with E-state index in [1.165, 1.54) is 5.56 Å².